The highest BCUT2D eigenvalue weighted by Crippen LogP contribution is 2.44. The number of rotatable bonds is 9. The lowest BCUT2D eigenvalue weighted by Gasteiger charge is -2.27. The van der Waals surface area contributed by atoms with Crippen molar-refractivity contribution in [2.45, 2.75) is 38.6 Å². The summed E-state index contributed by atoms with van der Waals surface area (Å²) in [6, 6.07) is 16.0. The fraction of sp³-hybridized carbons (Fsp3) is 0.375. The van der Waals surface area contributed by atoms with Gasteiger partial charge in [-0.1, -0.05) is 55.5 Å². The minimum absolute atomic E-state index is 0.0157. The number of carbonyl (C=O) groups excluding carboxylic acids is 2. The Bertz CT molecular complexity index is 913. The third kappa shape index (κ3) is 5.23. The molecule has 2 N–H and O–H groups in total. The normalized spacial score (nSPS) is 13.1. The van der Waals surface area contributed by atoms with Crippen LogP contribution in [0.1, 0.15) is 43.7 Å². The number of benzene rings is 2. The number of carboxylic acids is 1. The zero-order valence-electron chi connectivity index (χ0n) is 17.8. The van der Waals surface area contributed by atoms with Crippen LogP contribution in [0, 0.1) is 0 Å². The lowest BCUT2D eigenvalue weighted by Crippen LogP contribution is -2.43. The van der Waals surface area contributed by atoms with Crippen LogP contribution >= 0.6 is 0 Å². The molecule has 0 aliphatic heterocycles. The summed E-state index contributed by atoms with van der Waals surface area (Å²) in [5.41, 5.74) is 4.57. The second kappa shape index (κ2) is 10.1. The summed E-state index contributed by atoms with van der Waals surface area (Å²) in [7, 11) is 0. The van der Waals surface area contributed by atoms with Gasteiger partial charge in [-0.2, -0.15) is 0 Å². The summed E-state index contributed by atoms with van der Waals surface area (Å²) < 4.78 is 5.45. The van der Waals surface area contributed by atoms with E-state index >= 15 is 0 Å². The maximum atomic E-state index is 12.4. The standard InChI is InChI=1S/C24H28N2O5/c1-3-16(2)26(14-23(28)29)22(27)12-13-25-24(30)31-15-21-19-10-6-4-8-17(19)18-9-5-7-11-20(18)21/h4-11,16,21H,3,12-15H2,1-2H3,(H,25,30)(H,28,29). The van der Waals surface area contributed by atoms with Gasteiger partial charge in [0.05, 0.1) is 0 Å². The Labute approximate surface area is 182 Å². The second-order valence-electron chi connectivity index (χ2n) is 7.67. The molecule has 0 radical (unpaired) electrons. The molecule has 164 valence electrons. The minimum Gasteiger partial charge on any atom is -0.480 e. The molecule has 0 spiro atoms. The number of aliphatic carboxylic acids is 1. The number of amides is 2. The van der Waals surface area contributed by atoms with E-state index in [1.165, 1.54) is 4.90 Å². The second-order valence-corrected chi connectivity index (χ2v) is 7.67. The molecule has 1 atom stereocenters. The number of hydrogen-bond acceptors (Lipinski definition) is 4. The number of nitrogens with zero attached hydrogens (tertiary/aromatic N) is 1. The van der Waals surface area contributed by atoms with Gasteiger partial charge in [-0.05, 0) is 35.6 Å². The Hall–Kier alpha value is -3.35. The number of fused-ring (bicyclic) bond motifs is 3. The first-order valence-electron chi connectivity index (χ1n) is 10.5. The number of carboxylic acid groups (broad SMARTS) is 1. The van der Waals surface area contributed by atoms with Crippen molar-refractivity contribution in [2.75, 3.05) is 19.7 Å². The van der Waals surface area contributed by atoms with Crippen LogP contribution in [-0.2, 0) is 14.3 Å². The van der Waals surface area contributed by atoms with Gasteiger partial charge in [0.2, 0.25) is 5.91 Å². The number of ether oxygens (including phenoxy) is 1. The molecule has 7 nitrogen and oxygen atoms in total. The van der Waals surface area contributed by atoms with Crippen LogP contribution in [0.25, 0.3) is 11.1 Å². The molecular weight excluding hydrogens is 396 g/mol. The van der Waals surface area contributed by atoms with Gasteiger partial charge in [0.1, 0.15) is 13.2 Å². The van der Waals surface area contributed by atoms with Crippen LogP contribution in [0.5, 0.6) is 0 Å². The molecule has 1 aliphatic rings. The Balaban J connectivity index is 1.52. The molecule has 1 aliphatic carbocycles. The quantitative estimate of drug-likeness (QED) is 0.641. The average Bonchev–Trinajstić information content (AvgIpc) is 3.09. The van der Waals surface area contributed by atoms with E-state index in [1.54, 1.807) is 6.92 Å². The Kier molecular flexibility index (Phi) is 7.28. The Morgan fingerprint density at radius 3 is 2.19 bits per heavy atom. The molecule has 2 aromatic rings. The summed E-state index contributed by atoms with van der Waals surface area (Å²) in [6.45, 7) is 3.63. The smallest absolute Gasteiger partial charge is 0.407 e. The van der Waals surface area contributed by atoms with Crippen LogP contribution in [0.4, 0.5) is 4.79 Å². The van der Waals surface area contributed by atoms with Gasteiger partial charge in [-0.3, -0.25) is 9.59 Å². The predicted octanol–water partition coefficient (Wildman–Crippen LogP) is 3.63. The lowest BCUT2D eigenvalue weighted by molar-refractivity contribution is -0.146. The van der Waals surface area contributed by atoms with E-state index < -0.39 is 12.1 Å². The summed E-state index contributed by atoms with van der Waals surface area (Å²) in [5, 5.41) is 11.6. The first-order chi connectivity index (χ1) is 14.9. The predicted molar refractivity (Wildman–Crippen MR) is 117 cm³/mol. The topological polar surface area (TPSA) is 95.9 Å². The number of nitrogens with one attached hydrogen (secondary N) is 1. The summed E-state index contributed by atoms with van der Waals surface area (Å²) in [5.74, 6) is -1.40. The number of carbonyl (C=O) groups is 3. The molecule has 0 heterocycles. The van der Waals surface area contributed by atoms with E-state index in [0.29, 0.717) is 6.42 Å². The number of alkyl carbamates (subject to hydrolysis) is 1. The number of hydrogen-bond donors (Lipinski definition) is 2. The lowest BCUT2D eigenvalue weighted by atomic mass is 9.98. The van der Waals surface area contributed by atoms with Gasteiger partial charge in [-0.15, -0.1) is 0 Å². The molecule has 0 saturated heterocycles. The van der Waals surface area contributed by atoms with Crippen LogP contribution in [0.3, 0.4) is 0 Å². The van der Waals surface area contributed by atoms with E-state index in [-0.39, 0.29) is 44.0 Å². The van der Waals surface area contributed by atoms with Crippen molar-refractivity contribution in [3.8, 4) is 11.1 Å². The fourth-order valence-corrected chi connectivity index (χ4v) is 3.92. The van der Waals surface area contributed by atoms with Crippen molar-refractivity contribution in [1.29, 1.82) is 0 Å². The molecule has 0 saturated carbocycles. The van der Waals surface area contributed by atoms with E-state index in [1.807, 2.05) is 43.3 Å². The molecule has 2 amide bonds. The van der Waals surface area contributed by atoms with Crippen molar-refractivity contribution in [2.24, 2.45) is 0 Å². The summed E-state index contributed by atoms with van der Waals surface area (Å²) >= 11 is 0. The van der Waals surface area contributed by atoms with E-state index in [0.717, 1.165) is 22.3 Å². The molecule has 31 heavy (non-hydrogen) atoms. The van der Waals surface area contributed by atoms with Crippen LogP contribution in [0.15, 0.2) is 48.5 Å². The van der Waals surface area contributed by atoms with E-state index in [2.05, 4.69) is 17.4 Å². The molecule has 1 unspecified atom stereocenters. The van der Waals surface area contributed by atoms with Gasteiger partial charge in [0, 0.05) is 24.9 Å². The SMILES string of the molecule is CCC(C)N(CC(=O)O)C(=O)CCNC(=O)OCC1c2ccccc2-c2ccccc21. The monoisotopic (exact) mass is 424 g/mol. The van der Waals surface area contributed by atoms with Crippen molar-refractivity contribution >= 4 is 18.0 Å². The van der Waals surface area contributed by atoms with Crippen LogP contribution in [0.2, 0.25) is 0 Å². The first kappa shape index (κ1) is 22.3. The summed E-state index contributed by atoms with van der Waals surface area (Å²) in [6.07, 6.45) is 0.0728. The average molecular weight is 424 g/mol. The minimum atomic E-state index is -1.06. The zero-order chi connectivity index (χ0) is 22.4. The van der Waals surface area contributed by atoms with Crippen molar-refractivity contribution in [3.05, 3.63) is 59.7 Å². The van der Waals surface area contributed by atoms with E-state index in [4.69, 9.17) is 9.84 Å². The Morgan fingerprint density at radius 1 is 1.06 bits per heavy atom. The van der Waals surface area contributed by atoms with Gasteiger partial charge in [0.15, 0.2) is 0 Å². The highest BCUT2D eigenvalue weighted by atomic mass is 16.5. The molecular formula is C24H28N2O5. The summed E-state index contributed by atoms with van der Waals surface area (Å²) in [4.78, 5) is 36.9. The molecule has 0 fully saturated rings. The maximum absolute atomic E-state index is 12.4. The Morgan fingerprint density at radius 2 is 1.65 bits per heavy atom. The molecule has 0 aromatic heterocycles. The molecule has 0 bridgehead atoms. The highest BCUT2D eigenvalue weighted by Gasteiger charge is 2.29. The van der Waals surface area contributed by atoms with Crippen molar-refractivity contribution in [1.82, 2.24) is 10.2 Å². The zero-order valence-corrected chi connectivity index (χ0v) is 17.8. The molecule has 2 aromatic carbocycles. The van der Waals surface area contributed by atoms with Crippen LogP contribution in [-0.4, -0.2) is 53.7 Å². The largest absolute Gasteiger partial charge is 0.480 e. The van der Waals surface area contributed by atoms with Gasteiger partial charge < -0.3 is 20.1 Å². The third-order valence-corrected chi connectivity index (χ3v) is 5.70. The maximum Gasteiger partial charge on any atom is 0.407 e. The van der Waals surface area contributed by atoms with Gasteiger partial charge in [-0.25, -0.2) is 4.79 Å². The molecule has 3 rings (SSSR count). The van der Waals surface area contributed by atoms with Gasteiger partial charge >= 0.3 is 12.1 Å². The first-order valence-corrected chi connectivity index (χ1v) is 10.5. The van der Waals surface area contributed by atoms with Gasteiger partial charge in [0.25, 0.3) is 0 Å². The van der Waals surface area contributed by atoms with Crippen LogP contribution < -0.4 is 5.32 Å². The fourth-order valence-electron chi connectivity index (χ4n) is 3.92. The van der Waals surface area contributed by atoms with E-state index in [9.17, 15) is 14.4 Å². The van der Waals surface area contributed by atoms with Crippen molar-refractivity contribution in [3.63, 3.8) is 0 Å². The van der Waals surface area contributed by atoms with Crippen molar-refractivity contribution < 1.29 is 24.2 Å². The highest BCUT2D eigenvalue weighted by molar-refractivity contribution is 5.82. The third-order valence-electron chi connectivity index (χ3n) is 5.70. The molecule has 7 heteroatoms.